The smallest absolute Gasteiger partial charge is 0.408 e. The summed E-state index contributed by atoms with van der Waals surface area (Å²) >= 11 is 0. The Hall–Kier alpha value is -5.51. The van der Waals surface area contributed by atoms with Gasteiger partial charge in [0.15, 0.2) is 0 Å². The Morgan fingerprint density at radius 3 is 1.76 bits per heavy atom. The van der Waals surface area contributed by atoms with E-state index in [1.54, 1.807) is 20.8 Å². The average Bonchev–Trinajstić information content (AvgIpc) is 3.71. The highest BCUT2D eigenvalue weighted by Crippen LogP contribution is 2.21. The molecule has 0 spiro atoms. The van der Waals surface area contributed by atoms with Gasteiger partial charge in [0.1, 0.15) is 49.0 Å². The summed E-state index contributed by atoms with van der Waals surface area (Å²) in [6.07, 6.45) is 0.820. The zero-order valence-electron chi connectivity index (χ0n) is 38.5. The van der Waals surface area contributed by atoms with Crippen LogP contribution in [0, 0.1) is 17.8 Å². The Balaban J connectivity index is 1.78. The van der Waals surface area contributed by atoms with Crippen LogP contribution in [0.5, 0.6) is 0 Å². The Labute approximate surface area is 372 Å². The number of nitrogens with zero attached hydrogens (tertiary/aromatic N) is 1. The average molecular weight is 879 g/mol. The van der Waals surface area contributed by atoms with Crippen LogP contribution in [0.15, 0.2) is 60.7 Å². The van der Waals surface area contributed by atoms with Gasteiger partial charge < -0.3 is 45.7 Å². The van der Waals surface area contributed by atoms with Gasteiger partial charge in [0.2, 0.25) is 29.5 Å². The topological polar surface area (TPSA) is 211 Å². The molecule has 2 aromatic rings. The fourth-order valence-electron chi connectivity index (χ4n) is 6.99. The SMILES string of the molecule is CC(C)C[C@H](NC(=O)[C@@H]1CCCN1C(=O)[C@H](CC(C)C)NC(=O)CNC(=O)OC(C)(C)C)C(=O)N[C@@H](COCc1ccccc1)C(=O)N[C@@H](CC(C)C)C(=O)OCc1ccccc1. The van der Waals surface area contributed by atoms with Crippen molar-refractivity contribution in [1.82, 2.24) is 31.5 Å². The maximum atomic E-state index is 14.2. The summed E-state index contributed by atoms with van der Waals surface area (Å²) < 4.78 is 16.7. The van der Waals surface area contributed by atoms with Crippen LogP contribution in [0.1, 0.15) is 106 Å². The molecule has 348 valence electrons. The first kappa shape index (κ1) is 51.8. The zero-order chi connectivity index (χ0) is 46.7. The molecule has 0 radical (unpaired) electrons. The first-order chi connectivity index (χ1) is 29.7. The van der Waals surface area contributed by atoms with Crippen LogP contribution < -0.4 is 26.6 Å². The molecule has 16 heteroatoms. The molecule has 1 aliphatic heterocycles. The molecular formula is C47H70N6O10. The summed E-state index contributed by atoms with van der Waals surface area (Å²) in [7, 11) is 0. The number of alkyl carbamates (subject to hydrolysis) is 1. The van der Waals surface area contributed by atoms with Crippen LogP contribution in [0.3, 0.4) is 0 Å². The van der Waals surface area contributed by atoms with E-state index in [4.69, 9.17) is 14.2 Å². The van der Waals surface area contributed by atoms with Crippen LogP contribution in [0.25, 0.3) is 0 Å². The predicted octanol–water partition coefficient (Wildman–Crippen LogP) is 4.54. The highest BCUT2D eigenvalue weighted by atomic mass is 16.6. The van der Waals surface area contributed by atoms with E-state index < -0.39 is 84.0 Å². The van der Waals surface area contributed by atoms with Gasteiger partial charge in [-0.15, -0.1) is 0 Å². The van der Waals surface area contributed by atoms with Gasteiger partial charge in [-0.3, -0.25) is 24.0 Å². The number of esters is 1. The van der Waals surface area contributed by atoms with Crippen LogP contribution in [-0.4, -0.2) is 102 Å². The fraction of sp³-hybridized carbons (Fsp3) is 0.596. The third kappa shape index (κ3) is 19.2. The number of hydrogen-bond acceptors (Lipinski definition) is 10. The summed E-state index contributed by atoms with van der Waals surface area (Å²) in [5, 5.41) is 13.5. The molecule has 1 aliphatic rings. The van der Waals surface area contributed by atoms with Crippen molar-refractivity contribution >= 4 is 41.6 Å². The molecule has 1 saturated heterocycles. The third-order valence-electron chi connectivity index (χ3n) is 9.87. The Morgan fingerprint density at radius 1 is 0.667 bits per heavy atom. The fourth-order valence-corrected chi connectivity index (χ4v) is 6.99. The second kappa shape index (κ2) is 25.6. The van der Waals surface area contributed by atoms with Crippen molar-refractivity contribution in [2.24, 2.45) is 17.8 Å². The molecule has 0 saturated carbocycles. The van der Waals surface area contributed by atoms with Crippen molar-refractivity contribution in [1.29, 1.82) is 0 Å². The van der Waals surface area contributed by atoms with Gasteiger partial charge in [-0.2, -0.15) is 0 Å². The van der Waals surface area contributed by atoms with E-state index in [9.17, 15) is 33.6 Å². The molecule has 0 aromatic heterocycles. The lowest BCUT2D eigenvalue weighted by Gasteiger charge is -2.31. The van der Waals surface area contributed by atoms with Gasteiger partial charge in [0.25, 0.3) is 0 Å². The number of likely N-dealkylation sites (tertiary alicyclic amines) is 1. The van der Waals surface area contributed by atoms with E-state index in [2.05, 4.69) is 26.6 Å². The van der Waals surface area contributed by atoms with Gasteiger partial charge in [-0.05, 0) is 81.8 Å². The first-order valence-electron chi connectivity index (χ1n) is 22.0. The monoisotopic (exact) mass is 879 g/mol. The van der Waals surface area contributed by atoms with Crippen molar-refractivity contribution in [3.63, 3.8) is 0 Å². The number of hydrogen-bond donors (Lipinski definition) is 5. The van der Waals surface area contributed by atoms with E-state index in [1.165, 1.54) is 4.90 Å². The van der Waals surface area contributed by atoms with Crippen molar-refractivity contribution in [3.05, 3.63) is 71.8 Å². The van der Waals surface area contributed by atoms with Gasteiger partial charge in [0, 0.05) is 6.54 Å². The molecule has 0 aliphatic carbocycles. The van der Waals surface area contributed by atoms with E-state index in [0.29, 0.717) is 12.8 Å². The van der Waals surface area contributed by atoms with Crippen LogP contribution in [0.4, 0.5) is 4.79 Å². The molecule has 2 aromatic carbocycles. The zero-order valence-corrected chi connectivity index (χ0v) is 38.5. The van der Waals surface area contributed by atoms with E-state index in [-0.39, 0.29) is 63.4 Å². The number of amides is 6. The summed E-state index contributed by atoms with van der Waals surface area (Å²) in [5.74, 6) is -3.61. The van der Waals surface area contributed by atoms with Crippen molar-refractivity contribution in [2.45, 2.75) is 143 Å². The summed E-state index contributed by atoms with van der Waals surface area (Å²) in [5.41, 5.74) is 0.870. The normalized spacial score (nSPS) is 15.8. The molecule has 63 heavy (non-hydrogen) atoms. The lowest BCUT2D eigenvalue weighted by molar-refractivity contribution is -0.150. The van der Waals surface area contributed by atoms with Crippen molar-refractivity contribution in [3.8, 4) is 0 Å². The van der Waals surface area contributed by atoms with E-state index >= 15 is 0 Å². The van der Waals surface area contributed by atoms with Gasteiger partial charge in [-0.25, -0.2) is 9.59 Å². The minimum absolute atomic E-state index is 0.00512. The number of nitrogens with one attached hydrogen (secondary N) is 5. The molecule has 5 atom stereocenters. The van der Waals surface area contributed by atoms with Gasteiger partial charge in [-0.1, -0.05) is 102 Å². The van der Waals surface area contributed by atoms with Crippen LogP contribution in [-0.2, 0) is 56.2 Å². The third-order valence-corrected chi connectivity index (χ3v) is 9.87. The lowest BCUT2D eigenvalue weighted by atomic mass is 10.0. The number of ether oxygens (including phenoxy) is 3. The van der Waals surface area contributed by atoms with Crippen LogP contribution >= 0.6 is 0 Å². The van der Waals surface area contributed by atoms with E-state index in [1.807, 2.05) is 102 Å². The summed E-state index contributed by atoms with van der Waals surface area (Å²) in [6.45, 7) is 16.2. The molecule has 0 bridgehead atoms. The Morgan fingerprint density at radius 2 is 1.19 bits per heavy atom. The standard InChI is InChI=1S/C47H70N6O10/c1-30(2)23-35(50-43(57)39-21-16-22-53(39)44(58)36(24-31(3)4)49-40(54)26-48-46(60)63-47(7,8)9)41(55)52-38(29-61-27-33-17-12-10-13-18-33)42(56)51-37(25-32(5)6)45(59)62-28-34-19-14-11-15-20-34/h10-15,17-20,30-32,35-39H,16,21-29H2,1-9H3,(H,48,60)(H,49,54)(H,50,57)(H,51,56)(H,52,55)/t35-,36-,37-,38-,39-/m0/s1. The molecule has 1 fully saturated rings. The van der Waals surface area contributed by atoms with E-state index in [0.717, 1.165) is 11.1 Å². The number of benzene rings is 2. The largest absolute Gasteiger partial charge is 0.459 e. The number of carbonyl (C=O) groups excluding carboxylic acids is 7. The molecular weight excluding hydrogens is 809 g/mol. The predicted molar refractivity (Wildman–Crippen MR) is 237 cm³/mol. The number of rotatable bonds is 23. The maximum Gasteiger partial charge on any atom is 0.408 e. The minimum atomic E-state index is -1.26. The van der Waals surface area contributed by atoms with Crippen molar-refractivity contribution in [2.75, 3.05) is 19.7 Å². The molecule has 6 amide bonds. The molecule has 16 nitrogen and oxygen atoms in total. The molecule has 1 heterocycles. The summed E-state index contributed by atoms with van der Waals surface area (Å²) in [4.78, 5) is 96.1. The number of carbonyl (C=O) groups is 7. The van der Waals surface area contributed by atoms with Gasteiger partial charge in [0.05, 0.1) is 13.2 Å². The highest BCUT2D eigenvalue weighted by molar-refractivity contribution is 5.96. The molecule has 0 unspecified atom stereocenters. The second-order valence-electron chi connectivity index (χ2n) is 18.3. The molecule has 5 N–H and O–H groups in total. The quantitative estimate of drug-likeness (QED) is 0.0985. The van der Waals surface area contributed by atoms with Crippen molar-refractivity contribution < 1.29 is 47.8 Å². The maximum absolute atomic E-state index is 14.2. The Kier molecular flexibility index (Phi) is 21.0. The first-order valence-corrected chi connectivity index (χ1v) is 22.0. The lowest BCUT2D eigenvalue weighted by Crippen LogP contribution is -2.59. The Bertz CT molecular complexity index is 1800. The van der Waals surface area contributed by atoms with Gasteiger partial charge >= 0.3 is 12.1 Å². The minimum Gasteiger partial charge on any atom is -0.459 e. The van der Waals surface area contributed by atoms with Crippen LogP contribution in [0.2, 0.25) is 0 Å². The highest BCUT2D eigenvalue weighted by Gasteiger charge is 2.40. The summed E-state index contributed by atoms with van der Waals surface area (Å²) in [6, 6.07) is 13.2. The molecule has 3 rings (SSSR count). The second-order valence-corrected chi connectivity index (χ2v) is 18.3.